The third-order valence-corrected chi connectivity index (χ3v) is 4.87. The van der Waals surface area contributed by atoms with Crippen molar-refractivity contribution in [3.05, 3.63) is 41.3 Å². The number of aromatic nitrogens is 3. The number of nitrogens with two attached hydrogens (primary N) is 1. The number of rotatable bonds is 4. The molecule has 0 saturated heterocycles. The van der Waals surface area contributed by atoms with Crippen LogP contribution < -0.4 is 11.1 Å². The van der Waals surface area contributed by atoms with Gasteiger partial charge in [-0.15, -0.1) is 0 Å². The van der Waals surface area contributed by atoms with Crippen LogP contribution in [-0.4, -0.2) is 26.2 Å². The van der Waals surface area contributed by atoms with Gasteiger partial charge in [-0.1, -0.05) is 6.07 Å². The minimum Gasteiger partial charge on any atom is -0.393 e. The van der Waals surface area contributed by atoms with Crippen LogP contribution in [0.25, 0.3) is 0 Å². The molecule has 6 nitrogen and oxygen atoms in total. The maximum absolute atomic E-state index is 9.69. The van der Waals surface area contributed by atoms with Crippen molar-refractivity contribution >= 4 is 11.8 Å². The van der Waals surface area contributed by atoms with Gasteiger partial charge in [0.25, 0.3) is 0 Å². The first-order valence-electron chi connectivity index (χ1n) is 8.21. The molecule has 0 unspecified atom stereocenters. The molecule has 2 aliphatic rings. The summed E-state index contributed by atoms with van der Waals surface area (Å²) in [6.07, 6.45) is 6.23. The van der Waals surface area contributed by atoms with Gasteiger partial charge in [0.15, 0.2) is 0 Å². The van der Waals surface area contributed by atoms with E-state index in [1.807, 2.05) is 18.2 Å². The van der Waals surface area contributed by atoms with Gasteiger partial charge >= 0.3 is 0 Å². The first-order chi connectivity index (χ1) is 11.2. The number of nitrogens with one attached hydrogen (secondary N) is 1. The molecule has 0 spiro atoms. The van der Waals surface area contributed by atoms with Crippen LogP contribution in [0.1, 0.15) is 42.3 Å². The van der Waals surface area contributed by atoms with Gasteiger partial charge in [0.2, 0.25) is 5.95 Å². The Morgan fingerprint density at radius 3 is 2.83 bits per heavy atom. The number of pyridine rings is 1. The van der Waals surface area contributed by atoms with Gasteiger partial charge in [-0.2, -0.15) is 4.98 Å². The Morgan fingerprint density at radius 2 is 2.09 bits per heavy atom. The molecule has 23 heavy (non-hydrogen) atoms. The molecule has 1 atom stereocenters. The zero-order valence-corrected chi connectivity index (χ0v) is 12.9. The van der Waals surface area contributed by atoms with Gasteiger partial charge in [-0.25, -0.2) is 4.98 Å². The van der Waals surface area contributed by atoms with Crippen molar-refractivity contribution in [2.45, 2.75) is 44.2 Å². The predicted octanol–water partition coefficient (Wildman–Crippen LogP) is 1.87. The summed E-state index contributed by atoms with van der Waals surface area (Å²) in [5, 5.41) is 13.2. The molecule has 0 bridgehead atoms. The lowest BCUT2D eigenvalue weighted by Crippen LogP contribution is -2.36. The second-order valence-corrected chi connectivity index (χ2v) is 6.47. The van der Waals surface area contributed by atoms with Crippen LogP contribution in [0.5, 0.6) is 0 Å². The highest BCUT2D eigenvalue weighted by Gasteiger charge is 2.36. The fourth-order valence-electron chi connectivity index (χ4n) is 3.61. The molecule has 2 aromatic heterocycles. The molecule has 0 radical (unpaired) electrons. The summed E-state index contributed by atoms with van der Waals surface area (Å²) in [7, 11) is 0. The monoisotopic (exact) mass is 311 g/mol. The fraction of sp³-hybridized carbons (Fsp3) is 0.471. The van der Waals surface area contributed by atoms with E-state index >= 15 is 0 Å². The Balaban J connectivity index is 1.66. The van der Waals surface area contributed by atoms with E-state index in [1.165, 1.54) is 5.56 Å². The van der Waals surface area contributed by atoms with E-state index in [-0.39, 0.29) is 12.1 Å². The number of nitrogen functional groups attached to an aromatic ring is 1. The number of anilines is 2. The lowest BCUT2D eigenvalue weighted by molar-refractivity contribution is 0.0333. The minimum atomic E-state index is -0.200. The van der Waals surface area contributed by atoms with E-state index in [4.69, 9.17) is 5.73 Å². The average Bonchev–Trinajstić information content (AvgIpc) is 2.99. The SMILES string of the molecule is Nc1nc2c(c(N[C@H](c3ccccn3)C3CC(O)C3)n1)CCC2. The zero-order chi connectivity index (χ0) is 15.8. The molecule has 2 aromatic rings. The largest absolute Gasteiger partial charge is 0.393 e. The second kappa shape index (κ2) is 5.77. The molecular weight excluding hydrogens is 290 g/mol. The van der Waals surface area contributed by atoms with E-state index in [0.717, 1.165) is 49.3 Å². The molecule has 4 rings (SSSR count). The van der Waals surface area contributed by atoms with Gasteiger partial charge in [0, 0.05) is 11.8 Å². The van der Waals surface area contributed by atoms with Gasteiger partial charge in [0.1, 0.15) is 5.82 Å². The van der Waals surface area contributed by atoms with E-state index in [1.54, 1.807) is 6.20 Å². The number of hydrogen-bond donors (Lipinski definition) is 3. The second-order valence-electron chi connectivity index (χ2n) is 6.47. The van der Waals surface area contributed by atoms with Crippen molar-refractivity contribution in [1.29, 1.82) is 0 Å². The Hall–Kier alpha value is -2.21. The Morgan fingerprint density at radius 1 is 1.22 bits per heavy atom. The summed E-state index contributed by atoms with van der Waals surface area (Å²) in [6, 6.07) is 5.97. The van der Waals surface area contributed by atoms with Crippen molar-refractivity contribution in [2.24, 2.45) is 5.92 Å². The summed E-state index contributed by atoms with van der Waals surface area (Å²) >= 11 is 0. The van der Waals surface area contributed by atoms with E-state index in [2.05, 4.69) is 20.3 Å². The Bertz CT molecular complexity index is 700. The normalized spacial score (nSPS) is 23.9. The topological polar surface area (TPSA) is 97.0 Å². The highest BCUT2D eigenvalue weighted by atomic mass is 16.3. The van der Waals surface area contributed by atoms with Crippen molar-refractivity contribution in [2.75, 3.05) is 11.1 Å². The van der Waals surface area contributed by atoms with Gasteiger partial charge < -0.3 is 16.2 Å². The molecule has 120 valence electrons. The molecule has 4 N–H and O–H groups in total. The van der Waals surface area contributed by atoms with Crippen LogP contribution in [0.15, 0.2) is 24.4 Å². The van der Waals surface area contributed by atoms with Crippen molar-refractivity contribution in [3.63, 3.8) is 0 Å². The van der Waals surface area contributed by atoms with Gasteiger partial charge in [0.05, 0.1) is 23.5 Å². The maximum atomic E-state index is 9.69. The molecule has 2 heterocycles. The van der Waals surface area contributed by atoms with Crippen LogP contribution in [-0.2, 0) is 12.8 Å². The Kier molecular flexibility index (Phi) is 3.61. The van der Waals surface area contributed by atoms with Gasteiger partial charge in [-0.05, 0) is 50.2 Å². The van der Waals surface area contributed by atoms with Crippen LogP contribution >= 0.6 is 0 Å². The minimum absolute atomic E-state index is 0.0404. The van der Waals surface area contributed by atoms with Crippen molar-refractivity contribution < 1.29 is 5.11 Å². The molecule has 6 heteroatoms. The quantitative estimate of drug-likeness (QED) is 0.797. The molecular formula is C17H21N5O. The van der Waals surface area contributed by atoms with Crippen molar-refractivity contribution in [3.8, 4) is 0 Å². The lowest BCUT2D eigenvalue weighted by atomic mass is 9.76. The fourth-order valence-corrected chi connectivity index (χ4v) is 3.61. The smallest absolute Gasteiger partial charge is 0.222 e. The van der Waals surface area contributed by atoms with Crippen LogP contribution in [0.3, 0.4) is 0 Å². The number of aryl methyl sites for hydroxylation is 1. The van der Waals surface area contributed by atoms with Crippen LogP contribution in [0.4, 0.5) is 11.8 Å². The summed E-state index contributed by atoms with van der Waals surface area (Å²) in [6.45, 7) is 0. The molecule has 2 aliphatic carbocycles. The predicted molar refractivity (Wildman–Crippen MR) is 87.8 cm³/mol. The van der Waals surface area contributed by atoms with Crippen molar-refractivity contribution in [1.82, 2.24) is 15.0 Å². The van der Waals surface area contributed by atoms with Gasteiger partial charge in [-0.3, -0.25) is 4.98 Å². The summed E-state index contributed by atoms with van der Waals surface area (Å²) in [5.74, 6) is 1.51. The number of nitrogens with zero attached hydrogens (tertiary/aromatic N) is 3. The average molecular weight is 311 g/mol. The first kappa shape index (κ1) is 14.4. The third-order valence-electron chi connectivity index (χ3n) is 4.87. The highest BCUT2D eigenvalue weighted by Crippen LogP contribution is 2.40. The number of hydrogen-bond acceptors (Lipinski definition) is 6. The third kappa shape index (κ3) is 2.74. The number of aliphatic hydroxyl groups is 1. The molecule has 0 amide bonds. The molecule has 1 fully saturated rings. The summed E-state index contributed by atoms with van der Waals surface area (Å²) in [4.78, 5) is 13.3. The van der Waals surface area contributed by atoms with Crippen LogP contribution in [0, 0.1) is 5.92 Å². The zero-order valence-electron chi connectivity index (χ0n) is 12.9. The molecule has 1 saturated carbocycles. The molecule has 0 aromatic carbocycles. The summed E-state index contributed by atoms with van der Waals surface area (Å²) < 4.78 is 0. The number of aliphatic hydroxyl groups excluding tert-OH is 1. The van der Waals surface area contributed by atoms with Crippen LogP contribution in [0.2, 0.25) is 0 Å². The molecule has 0 aliphatic heterocycles. The maximum Gasteiger partial charge on any atom is 0.222 e. The number of fused-ring (bicyclic) bond motifs is 1. The highest BCUT2D eigenvalue weighted by molar-refractivity contribution is 5.52. The van der Waals surface area contributed by atoms with E-state index in [9.17, 15) is 5.11 Å². The van der Waals surface area contributed by atoms with E-state index < -0.39 is 0 Å². The Labute approximate surface area is 135 Å². The lowest BCUT2D eigenvalue weighted by Gasteiger charge is -2.38. The summed E-state index contributed by atoms with van der Waals surface area (Å²) in [5.41, 5.74) is 9.10. The standard InChI is InChI=1S/C17H21N5O/c18-17-20-13-6-3-4-12(13)16(22-17)21-15(10-8-11(23)9-10)14-5-1-2-7-19-14/h1-2,5,7,10-11,15,23H,3-4,6,8-9H2,(H3,18,20,21,22)/t10?,11?,15-/m0/s1. The van der Waals surface area contributed by atoms with E-state index in [0.29, 0.717) is 11.9 Å². The first-order valence-corrected chi connectivity index (χ1v) is 8.21.